The smallest absolute Gasteiger partial charge is 0.191 e. The summed E-state index contributed by atoms with van der Waals surface area (Å²) in [5, 5.41) is 11.3. The molecule has 0 amide bonds. The summed E-state index contributed by atoms with van der Waals surface area (Å²) in [6.45, 7) is 11.9. The SMILES string of the molecule is CCNC(=NCc1ccc(C)cc1OC1CCOC1)NCCc1c(C)nn(C)c1C.I. The predicted molar refractivity (Wildman–Crippen MR) is 136 cm³/mol. The zero-order valence-corrected chi connectivity index (χ0v) is 21.7. The maximum absolute atomic E-state index is 6.20. The van der Waals surface area contributed by atoms with Gasteiger partial charge in [-0.1, -0.05) is 12.1 Å². The van der Waals surface area contributed by atoms with Crippen molar-refractivity contribution < 1.29 is 9.47 Å². The number of aryl methyl sites for hydroxylation is 3. The first-order chi connectivity index (χ1) is 14.5. The number of halogens is 1. The molecular weight excluding hydrogens is 505 g/mol. The summed E-state index contributed by atoms with van der Waals surface area (Å²) in [5.41, 5.74) is 5.88. The first-order valence-electron chi connectivity index (χ1n) is 10.8. The molecule has 1 aromatic heterocycles. The Morgan fingerprint density at radius 1 is 1.29 bits per heavy atom. The van der Waals surface area contributed by atoms with Crippen molar-refractivity contribution >= 4 is 29.9 Å². The van der Waals surface area contributed by atoms with Crippen molar-refractivity contribution in [1.82, 2.24) is 20.4 Å². The van der Waals surface area contributed by atoms with Gasteiger partial charge in [-0.2, -0.15) is 5.10 Å². The van der Waals surface area contributed by atoms with Gasteiger partial charge in [0, 0.05) is 37.8 Å². The number of nitrogens with zero attached hydrogens (tertiary/aromatic N) is 3. The van der Waals surface area contributed by atoms with Gasteiger partial charge >= 0.3 is 0 Å². The van der Waals surface area contributed by atoms with Crippen LogP contribution in [0.15, 0.2) is 23.2 Å². The zero-order chi connectivity index (χ0) is 21.5. The largest absolute Gasteiger partial charge is 0.488 e. The predicted octanol–water partition coefficient (Wildman–Crippen LogP) is 3.43. The van der Waals surface area contributed by atoms with Crippen LogP contribution < -0.4 is 15.4 Å². The number of aliphatic imine (C=N–C) groups is 1. The van der Waals surface area contributed by atoms with Crippen molar-refractivity contribution in [3.8, 4) is 5.75 Å². The van der Waals surface area contributed by atoms with Gasteiger partial charge in [-0.05, 0) is 51.3 Å². The van der Waals surface area contributed by atoms with E-state index < -0.39 is 0 Å². The maximum Gasteiger partial charge on any atom is 0.191 e. The fourth-order valence-electron chi connectivity index (χ4n) is 3.68. The monoisotopic (exact) mass is 541 g/mol. The van der Waals surface area contributed by atoms with Gasteiger partial charge in [0.2, 0.25) is 0 Å². The van der Waals surface area contributed by atoms with Crippen molar-refractivity contribution in [2.24, 2.45) is 12.0 Å². The van der Waals surface area contributed by atoms with E-state index in [0.29, 0.717) is 13.2 Å². The Balaban J connectivity index is 0.00000341. The molecule has 0 saturated carbocycles. The molecule has 2 aromatic rings. The van der Waals surface area contributed by atoms with Crippen LogP contribution in [0.1, 0.15) is 41.4 Å². The summed E-state index contributed by atoms with van der Waals surface area (Å²) in [4.78, 5) is 4.79. The number of ether oxygens (including phenoxy) is 2. The van der Waals surface area contributed by atoms with Crippen LogP contribution in [-0.2, 0) is 24.8 Å². The molecule has 1 aliphatic rings. The first kappa shape index (κ1) is 25.5. The van der Waals surface area contributed by atoms with E-state index in [1.807, 2.05) is 11.7 Å². The van der Waals surface area contributed by atoms with Crippen molar-refractivity contribution in [2.45, 2.75) is 53.2 Å². The highest BCUT2D eigenvalue weighted by Crippen LogP contribution is 2.24. The Morgan fingerprint density at radius 3 is 2.74 bits per heavy atom. The van der Waals surface area contributed by atoms with Gasteiger partial charge in [-0.15, -0.1) is 24.0 Å². The molecule has 2 heterocycles. The van der Waals surface area contributed by atoms with Gasteiger partial charge in [-0.25, -0.2) is 4.99 Å². The molecule has 2 N–H and O–H groups in total. The topological polar surface area (TPSA) is 72.7 Å². The summed E-state index contributed by atoms with van der Waals surface area (Å²) < 4.78 is 13.6. The summed E-state index contributed by atoms with van der Waals surface area (Å²) in [7, 11) is 1.99. The minimum atomic E-state index is 0. The molecular formula is C23H36IN5O2. The highest BCUT2D eigenvalue weighted by atomic mass is 127. The molecule has 1 fully saturated rings. The lowest BCUT2D eigenvalue weighted by Gasteiger charge is -2.16. The van der Waals surface area contributed by atoms with Crippen molar-refractivity contribution in [1.29, 1.82) is 0 Å². The Hall–Kier alpha value is -1.81. The van der Waals surface area contributed by atoms with Gasteiger partial charge in [0.25, 0.3) is 0 Å². The molecule has 1 atom stereocenters. The van der Waals surface area contributed by atoms with Crippen LogP contribution in [0.25, 0.3) is 0 Å². The fraction of sp³-hybridized carbons (Fsp3) is 0.565. The van der Waals surface area contributed by atoms with E-state index in [9.17, 15) is 0 Å². The van der Waals surface area contributed by atoms with Gasteiger partial charge in [0.1, 0.15) is 11.9 Å². The van der Waals surface area contributed by atoms with Crippen molar-refractivity contribution in [3.05, 3.63) is 46.3 Å². The standard InChI is InChI=1S/C23H35N5O2.HI/c1-6-24-23(25-11-9-21-17(3)27-28(5)18(21)4)26-14-19-8-7-16(2)13-22(19)30-20-10-12-29-15-20;/h7-8,13,20H,6,9-12,14-15H2,1-5H3,(H2,24,25,26);1H. The highest BCUT2D eigenvalue weighted by molar-refractivity contribution is 14.0. The van der Waals surface area contributed by atoms with Gasteiger partial charge < -0.3 is 20.1 Å². The third kappa shape index (κ3) is 7.10. The zero-order valence-electron chi connectivity index (χ0n) is 19.3. The van der Waals surface area contributed by atoms with Gasteiger partial charge in [-0.3, -0.25) is 4.68 Å². The third-order valence-corrected chi connectivity index (χ3v) is 5.48. The van der Waals surface area contributed by atoms with E-state index in [0.717, 1.165) is 55.5 Å². The number of nitrogens with one attached hydrogen (secondary N) is 2. The minimum Gasteiger partial charge on any atom is -0.488 e. The molecule has 0 radical (unpaired) electrons. The third-order valence-electron chi connectivity index (χ3n) is 5.48. The van der Waals surface area contributed by atoms with Crippen LogP contribution in [0.3, 0.4) is 0 Å². The number of hydrogen-bond acceptors (Lipinski definition) is 4. The van der Waals surface area contributed by atoms with Crippen LogP contribution in [0.4, 0.5) is 0 Å². The molecule has 0 aliphatic carbocycles. The van der Waals surface area contributed by atoms with Crippen molar-refractivity contribution in [3.63, 3.8) is 0 Å². The first-order valence-corrected chi connectivity index (χ1v) is 10.8. The number of guanidine groups is 1. The number of rotatable bonds is 8. The lowest BCUT2D eigenvalue weighted by atomic mass is 10.1. The molecule has 1 aliphatic heterocycles. The number of aromatic nitrogens is 2. The molecule has 1 saturated heterocycles. The highest BCUT2D eigenvalue weighted by Gasteiger charge is 2.18. The normalized spacial score (nSPS) is 16.2. The summed E-state index contributed by atoms with van der Waals surface area (Å²) in [6.07, 6.45) is 1.98. The lowest BCUT2D eigenvalue weighted by Crippen LogP contribution is -2.38. The van der Waals surface area contributed by atoms with Gasteiger partial charge in [0.05, 0.1) is 25.5 Å². The average molecular weight is 541 g/mol. The van der Waals surface area contributed by atoms with Crippen LogP contribution >= 0.6 is 24.0 Å². The van der Waals surface area contributed by atoms with E-state index >= 15 is 0 Å². The quantitative estimate of drug-likeness (QED) is 0.305. The Kier molecular flexibility index (Phi) is 10.1. The Bertz CT molecular complexity index is 875. The number of hydrogen-bond donors (Lipinski definition) is 2. The average Bonchev–Trinajstić information content (AvgIpc) is 3.30. The lowest BCUT2D eigenvalue weighted by molar-refractivity contribution is 0.140. The summed E-state index contributed by atoms with van der Waals surface area (Å²) in [5.74, 6) is 1.72. The molecule has 0 spiro atoms. The second-order valence-electron chi connectivity index (χ2n) is 7.86. The molecule has 0 bridgehead atoms. The van der Waals surface area contributed by atoms with Gasteiger partial charge in [0.15, 0.2) is 5.96 Å². The van der Waals surface area contributed by atoms with Crippen LogP contribution in [-0.4, -0.2) is 48.1 Å². The van der Waals surface area contributed by atoms with Crippen LogP contribution in [0.2, 0.25) is 0 Å². The molecule has 1 unspecified atom stereocenters. The minimum absolute atomic E-state index is 0. The summed E-state index contributed by atoms with van der Waals surface area (Å²) >= 11 is 0. The molecule has 3 rings (SSSR count). The van der Waals surface area contributed by atoms with E-state index in [1.165, 1.54) is 16.8 Å². The Morgan fingerprint density at radius 2 is 2.10 bits per heavy atom. The molecule has 31 heavy (non-hydrogen) atoms. The van der Waals surface area contributed by atoms with Crippen LogP contribution in [0.5, 0.6) is 5.75 Å². The van der Waals surface area contributed by atoms with Crippen LogP contribution in [0, 0.1) is 20.8 Å². The maximum atomic E-state index is 6.20. The fourth-order valence-corrected chi connectivity index (χ4v) is 3.68. The van der Waals surface area contributed by atoms with E-state index in [4.69, 9.17) is 14.5 Å². The Labute approximate surface area is 203 Å². The van der Waals surface area contributed by atoms with Crippen molar-refractivity contribution in [2.75, 3.05) is 26.3 Å². The molecule has 7 nitrogen and oxygen atoms in total. The second-order valence-corrected chi connectivity index (χ2v) is 7.86. The van der Waals surface area contributed by atoms with E-state index in [1.54, 1.807) is 0 Å². The second kappa shape index (κ2) is 12.3. The summed E-state index contributed by atoms with van der Waals surface area (Å²) in [6, 6.07) is 6.31. The molecule has 1 aromatic carbocycles. The molecule has 172 valence electrons. The molecule has 8 heteroatoms. The van der Waals surface area contributed by atoms with E-state index in [-0.39, 0.29) is 30.1 Å². The van der Waals surface area contributed by atoms with E-state index in [2.05, 4.69) is 61.6 Å². The number of benzene rings is 1.